The maximum atomic E-state index is 12.5. The molecule has 0 bridgehead atoms. The predicted octanol–water partition coefficient (Wildman–Crippen LogP) is 2.60. The molecule has 1 aromatic heterocycles. The zero-order valence-corrected chi connectivity index (χ0v) is 14.2. The van der Waals surface area contributed by atoms with E-state index < -0.39 is 16.9 Å². The lowest BCUT2D eigenvalue weighted by molar-refractivity contribution is 0.340. The monoisotopic (exact) mass is 360 g/mol. The molecule has 2 aromatic carbocycles. The molecule has 0 fully saturated rings. The van der Waals surface area contributed by atoms with Crippen LogP contribution in [0.15, 0.2) is 33.5 Å². The summed E-state index contributed by atoms with van der Waals surface area (Å²) in [6.07, 6.45) is 0. The molecule has 3 rings (SSSR count). The largest absolute Gasteiger partial charge is 0.502 e. The molecule has 0 atom stereocenters. The highest BCUT2D eigenvalue weighted by Crippen LogP contribution is 2.43. The minimum absolute atomic E-state index is 0.0404. The Kier molecular flexibility index (Phi) is 4.25. The predicted molar refractivity (Wildman–Crippen MR) is 92.6 cm³/mol. The normalized spacial score (nSPS) is 10.7. The van der Waals surface area contributed by atoms with E-state index in [0.29, 0.717) is 5.56 Å². The summed E-state index contributed by atoms with van der Waals surface area (Å²) in [5.74, 6) is -1.10. The van der Waals surface area contributed by atoms with Crippen LogP contribution in [-0.4, -0.2) is 36.6 Å². The van der Waals surface area contributed by atoms with Gasteiger partial charge in [0.2, 0.25) is 17.2 Å². The Bertz CT molecular complexity index is 1030. The lowest BCUT2D eigenvalue weighted by atomic mass is 10.1. The van der Waals surface area contributed by atoms with Crippen molar-refractivity contribution >= 4 is 11.0 Å². The summed E-state index contributed by atoms with van der Waals surface area (Å²) in [4.78, 5) is 12.5. The number of fused-ring (bicyclic) bond motifs is 1. The molecule has 3 N–H and O–H groups in total. The summed E-state index contributed by atoms with van der Waals surface area (Å²) in [6.45, 7) is 0. The third-order valence-electron chi connectivity index (χ3n) is 3.92. The Hall–Kier alpha value is -3.55. The Labute approximate surface area is 147 Å². The van der Waals surface area contributed by atoms with E-state index in [-0.39, 0.29) is 39.7 Å². The summed E-state index contributed by atoms with van der Waals surface area (Å²) in [7, 11) is 4.03. The van der Waals surface area contributed by atoms with E-state index in [1.54, 1.807) is 0 Å². The SMILES string of the molecule is COc1cc(-c2cc(=O)c3cc(OC)c(O)c(O)c3o2)cc(OC)c1O. The second-order valence-electron chi connectivity index (χ2n) is 5.36. The lowest BCUT2D eigenvalue weighted by Gasteiger charge is -2.12. The van der Waals surface area contributed by atoms with E-state index in [0.717, 1.165) is 0 Å². The van der Waals surface area contributed by atoms with Crippen LogP contribution in [0.25, 0.3) is 22.3 Å². The van der Waals surface area contributed by atoms with Crippen LogP contribution in [0.4, 0.5) is 0 Å². The molecule has 8 nitrogen and oxygen atoms in total. The second-order valence-corrected chi connectivity index (χ2v) is 5.36. The van der Waals surface area contributed by atoms with Gasteiger partial charge in [0.1, 0.15) is 5.76 Å². The number of phenols is 3. The first kappa shape index (κ1) is 17.3. The molecule has 26 heavy (non-hydrogen) atoms. The Morgan fingerprint density at radius 3 is 1.85 bits per heavy atom. The Morgan fingerprint density at radius 1 is 0.769 bits per heavy atom. The molecule has 0 aliphatic heterocycles. The average molecular weight is 360 g/mol. The first-order chi connectivity index (χ1) is 12.4. The molecule has 8 heteroatoms. The number of hydrogen-bond acceptors (Lipinski definition) is 8. The maximum Gasteiger partial charge on any atom is 0.205 e. The van der Waals surface area contributed by atoms with Crippen molar-refractivity contribution in [3.63, 3.8) is 0 Å². The standard InChI is InChI=1S/C18H16O8/c1-23-12-4-8(5-13(24-2)15(12)20)11-7-10(19)9-6-14(25-3)16(21)17(22)18(9)26-11/h4-7,20-22H,1-3H3. The number of methoxy groups -OCH3 is 3. The molecule has 3 aromatic rings. The quantitative estimate of drug-likeness (QED) is 0.608. The molecule has 0 unspecified atom stereocenters. The van der Waals surface area contributed by atoms with Gasteiger partial charge in [0.05, 0.1) is 26.7 Å². The highest BCUT2D eigenvalue weighted by molar-refractivity contribution is 5.88. The number of hydrogen-bond donors (Lipinski definition) is 3. The van der Waals surface area contributed by atoms with Crippen LogP contribution in [0.5, 0.6) is 34.5 Å². The van der Waals surface area contributed by atoms with E-state index in [2.05, 4.69) is 0 Å². The number of benzene rings is 2. The minimum atomic E-state index is -0.615. The van der Waals surface area contributed by atoms with Gasteiger partial charge >= 0.3 is 0 Å². The molecule has 136 valence electrons. The van der Waals surface area contributed by atoms with Crippen molar-refractivity contribution < 1.29 is 33.9 Å². The average Bonchev–Trinajstić information content (AvgIpc) is 2.65. The zero-order valence-electron chi connectivity index (χ0n) is 14.2. The van der Waals surface area contributed by atoms with Gasteiger partial charge < -0.3 is 33.9 Å². The van der Waals surface area contributed by atoms with E-state index in [4.69, 9.17) is 18.6 Å². The van der Waals surface area contributed by atoms with Gasteiger partial charge in [-0.15, -0.1) is 0 Å². The molecular formula is C18H16O8. The van der Waals surface area contributed by atoms with E-state index >= 15 is 0 Å². The van der Waals surface area contributed by atoms with Gasteiger partial charge in [0.15, 0.2) is 28.3 Å². The van der Waals surface area contributed by atoms with Crippen molar-refractivity contribution in [2.24, 2.45) is 0 Å². The van der Waals surface area contributed by atoms with E-state index in [1.807, 2.05) is 0 Å². The van der Waals surface area contributed by atoms with Crippen LogP contribution in [0.1, 0.15) is 0 Å². The van der Waals surface area contributed by atoms with Crippen molar-refractivity contribution in [1.82, 2.24) is 0 Å². The van der Waals surface area contributed by atoms with Crippen LogP contribution in [-0.2, 0) is 0 Å². The van der Waals surface area contributed by atoms with Gasteiger partial charge in [0.25, 0.3) is 0 Å². The molecular weight excluding hydrogens is 344 g/mol. The van der Waals surface area contributed by atoms with Crippen molar-refractivity contribution in [2.75, 3.05) is 21.3 Å². The maximum absolute atomic E-state index is 12.5. The highest BCUT2D eigenvalue weighted by atomic mass is 16.5. The second kappa shape index (κ2) is 6.40. The smallest absolute Gasteiger partial charge is 0.205 e. The van der Waals surface area contributed by atoms with Crippen LogP contribution < -0.4 is 19.6 Å². The van der Waals surface area contributed by atoms with Gasteiger partial charge in [-0.05, 0) is 18.2 Å². The van der Waals surface area contributed by atoms with Crippen molar-refractivity contribution in [2.45, 2.75) is 0 Å². The summed E-state index contributed by atoms with van der Waals surface area (Å²) in [5, 5.41) is 30.1. The molecule has 0 saturated heterocycles. The van der Waals surface area contributed by atoms with Gasteiger partial charge in [-0.1, -0.05) is 0 Å². The molecule has 1 heterocycles. The highest BCUT2D eigenvalue weighted by Gasteiger charge is 2.19. The first-order valence-corrected chi connectivity index (χ1v) is 7.43. The molecule has 0 spiro atoms. The fourth-order valence-corrected chi connectivity index (χ4v) is 2.57. The summed E-state index contributed by atoms with van der Waals surface area (Å²) < 4.78 is 20.7. The fourth-order valence-electron chi connectivity index (χ4n) is 2.57. The molecule has 0 saturated carbocycles. The third-order valence-corrected chi connectivity index (χ3v) is 3.92. The minimum Gasteiger partial charge on any atom is -0.502 e. The van der Waals surface area contributed by atoms with Gasteiger partial charge in [-0.25, -0.2) is 0 Å². The number of phenolic OH excluding ortho intramolecular Hbond substituents is 3. The number of aromatic hydroxyl groups is 3. The molecule has 0 aliphatic rings. The summed E-state index contributed by atoms with van der Waals surface area (Å²) in [5.41, 5.74) is -0.289. The third kappa shape index (κ3) is 2.61. The van der Waals surface area contributed by atoms with Gasteiger partial charge in [-0.2, -0.15) is 0 Å². The molecule has 0 aliphatic carbocycles. The first-order valence-electron chi connectivity index (χ1n) is 7.43. The topological polar surface area (TPSA) is 119 Å². The van der Waals surface area contributed by atoms with E-state index in [9.17, 15) is 20.1 Å². The van der Waals surface area contributed by atoms with Crippen LogP contribution in [0, 0.1) is 0 Å². The Balaban J connectivity index is 2.31. The van der Waals surface area contributed by atoms with Gasteiger partial charge in [0, 0.05) is 11.6 Å². The van der Waals surface area contributed by atoms with Crippen molar-refractivity contribution in [1.29, 1.82) is 0 Å². The van der Waals surface area contributed by atoms with Crippen LogP contribution in [0.3, 0.4) is 0 Å². The fraction of sp³-hybridized carbons (Fsp3) is 0.167. The van der Waals surface area contributed by atoms with Crippen LogP contribution >= 0.6 is 0 Å². The van der Waals surface area contributed by atoms with Crippen LogP contribution in [0.2, 0.25) is 0 Å². The number of rotatable bonds is 4. The lowest BCUT2D eigenvalue weighted by Crippen LogP contribution is -2.01. The zero-order chi connectivity index (χ0) is 19.0. The summed E-state index contributed by atoms with van der Waals surface area (Å²) in [6, 6.07) is 5.38. The Morgan fingerprint density at radius 2 is 1.31 bits per heavy atom. The van der Waals surface area contributed by atoms with Gasteiger partial charge in [-0.3, -0.25) is 4.79 Å². The van der Waals surface area contributed by atoms with Crippen molar-refractivity contribution in [3.8, 4) is 45.8 Å². The molecule has 0 amide bonds. The van der Waals surface area contributed by atoms with E-state index in [1.165, 1.54) is 45.6 Å². The molecule has 0 radical (unpaired) electrons. The summed E-state index contributed by atoms with van der Waals surface area (Å²) >= 11 is 0. The van der Waals surface area contributed by atoms with Crippen molar-refractivity contribution in [3.05, 3.63) is 34.5 Å². The number of ether oxygens (including phenoxy) is 3.